The largest absolute Gasteiger partial charge is 0.323 e. The molecule has 2 aromatic rings. The Morgan fingerprint density at radius 2 is 2.24 bits per heavy atom. The molecule has 0 bridgehead atoms. The third-order valence-corrected chi connectivity index (χ3v) is 5.93. The average molecular weight is 323 g/mol. The zero-order chi connectivity index (χ0) is 14.8. The van der Waals surface area contributed by atoms with Crippen LogP contribution in [0.2, 0.25) is 0 Å². The zero-order valence-corrected chi connectivity index (χ0v) is 14.4. The highest BCUT2D eigenvalue weighted by Crippen LogP contribution is 2.41. The number of thioether (sulfide) groups is 1. The van der Waals surface area contributed by atoms with Gasteiger partial charge in [0, 0.05) is 23.6 Å². The summed E-state index contributed by atoms with van der Waals surface area (Å²) in [5, 5.41) is 0.723. The molecular formula is C17H23ClN2S. The molecular weight excluding hydrogens is 300 g/mol. The lowest BCUT2D eigenvalue weighted by Crippen LogP contribution is -2.19. The number of aryl methyl sites for hydroxylation is 2. The van der Waals surface area contributed by atoms with Gasteiger partial charge in [-0.25, -0.2) is 4.98 Å². The van der Waals surface area contributed by atoms with E-state index in [1.54, 1.807) is 0 Å². The molecule has 3 rings (SSSR count). The van der Waals surface area contributed by atoms with Gasteiger partial charge >= 0.3 is 0 Å². The van der Waals surface area contributed by atoms with Gasteiger partial charge in [0.15, 0.2) is 0 Å². The normalized spacial score (nSPS) is 22.2. The maximum Gasteiger partial charge on any atom is 0.111 e. The van der Waals surface area contributed by atoms with E-state index in [1.807, 2.05) is 0 Å². The van der Waals surface area contributed by atoms with Gasteiger partial charge in [0.25, 0.3) is 0 Å². The van der Waals surface area contributed by atoms with Crippen LogP contribution in [0.25, 0.3) is 11.0 Å². The molecule has 0 saturated heterocycles. The van der Waals surface area contributed by atoms with E-state index in [1.165, 1.54) is 41.9 Å². The second-order valence-corrected chi connectivity index (χ2v) is 7.67. The molecule has 0 amide bonds. The van der Waals surface area contributed by atoms with Crippen LogP contribution in [0.3, 0.4) is 0 Å². The van der Waals surface area contributed by atoms with Crippen molar-refractivity contribution >= 4 is 34.4 Å². The molecule has 1 aliphatic rings. The molecule has 0 aliphatic heterocycles. The smallest absolute Gasteiger partial charge is 0.111 e. The van der Waals surface area contributed by atoms with Crippen LogP contribution >= 0.6 is 23.4 Å². The van der Waals surface area contributed by atoms with E-state index >= 15 is 0 Å². The summed E-state index contributed by atoms with van der Waals surface area (Å²) in [6.07, 6.45) is 4.78. The minimum absolute atomic E-state index is 0.583. The second kappa shape index (κ2) is 6.62. The SMILES string of the molecule is CCSC1CCCC1n1c(CCCl)nc2cccc(C)c21. The molecule has 1 aliphatic carbocycles. The number of alkyl halides is 1. The predicted octanol–water partition coefficient (Wildman–Crippen LogP) is 4.97. The van der Waals surface area contributed by atoms with Crippen LogP contribution in [0.4, 0.5) is 0 Å². The maximum absolute atomic E-state index is 6.02. The molecule has 1 aromatic carbocycles. The predicted molar refractivity (Wildman–Crippen MR) is 93.7 cm³/mol. The van der Waals surface area contributed by atoms with Crippen molar-refractivity contribution in [1.29, 1.82) is 0 Å². The number of para-hydroxylation sites is 1. The summed E-state index contributed by atoms with van der Waals surface area (Å²) >= 11 is 8.13. The maximum atomic E-state index is 6.02. The van der Waals surface area contributed by atoms with Crippen LogP contribution in [0.5, 0.6) is 0 Å². The Hall–Kier alpha value is -0.670. The number of aromatic nitrogens is 2. The molecule has 1 fully saturated rings. The number of hydrogen-bond donors (Lipinski definition) is 0. The summed E-state index contributed by atoms with van der Waals surface area (Å²) in [6, 6.07) is 7.01. The number of imidazole rings is 1. The number of benzene rings is 1. The topological polar surface area (TPSA) is 17.8 Å². The number of halogens is 1. The lowest BCUT2D eigenvalue weighted by Gasteiger charge is -2.23. The van der Waals surface area contributed by atoms with Gasteiger partial charge in [-0.2, -0.15) is 11.8 Å². The molecule has 2 unspecified atom stereocenters. The third kappa shape index (κ3) is 2.83. The Balaban J connectivity index is 2.12. The molecule has 1 aromatic heterocycles. The van der Waals surface area contributed by atoms with Crippen molar-refractivity contribution < 1.29 is 0 Å². The highest BCUT2D eigenvalue weighted by atomic mass is 35.5. The third-order valence-electron chi connectivity index (χ3n) is 4.43. The second-order valence-electron chi connectivity index (χ2n) is 5.77. The Kier molecular flexibility index (Phi) is 4.80. The summed E-state index contributed by atoms with van der Waals surface area (Å²) in [6.45, 7) is 4.46. The van der Waals surface area contributed by atoms with Crippen LogP contribution < -0.4 is 0 Å². The van der Waals surface area contributed by atoms with Gasteiger partial charge in [-0.05, 0) is 37.1 Å². The highest BCUT2D eigenvalue weighted by Gasteiger charge is 2.31. The number of nitrogens with zero attached hydrogens (tertiary/aromatic N) is 2. The average Bonchev–Trinajstić information content (AvgIpc) is 3.04. The fraction of sp³-hybridized carbons (Fsp3) is 0.588. The van der Waals surface area contributed by atoms with E-state index in [0.717, 1.165) is 17.2 Å². The fourth-order valence-corrected chi connectivity index (χ4v) is 5.01. The van der Waals surface area contributed by atoms with E-state index in [-0.39, 0.29) is 0 Å². The summed E-state index contributed by atoms with van der Waals surface area (Å²) in [7, 11) is 0. The van der Waals surface area contributed by atoms with Crippen LogP contribution in [0.15, 0.2) is 18.2 Å². The first kappa shape index (κ1) is 15.2. The molecule has 4 heteroatoms. The Labute approximate surface area is 136 Å². The van der Waals surface area contributed by atoms with Gasteiger partial charge in [-0.15, -0.1) is 11.6 Å². The lowest BCUT2D eigenvalue weighted by atomic mass is 10.1. The molecule has 0 N–H and O–H groups in total. The van der Waals surface area contributed by atoms with Crippen molar-refractivity contribution in [3.05, 3.63) is 29.6 Å². The van der Waals surface area contributed by atoms with Crippen LogP contribution in [0, 0.1) is 6.92 Å². The van der Waals surface area contributed by atoms with Crippen LogP contribution in [0.1, 0.15) is 43.6 Å². The van der Waals surface area contributed by atoms with Gasteiger partial charge < -0.3 is 4.57 Å². The van der Waals surface area contributed by atoms with Gasteiger partial charge in [-0.3, -0.25) is 0 Å². The summed E-state index contributed by atoms with van der Waals surface area (Å²) in [4.78, 5) is 4.87. The summed E-state index contributed by atoms with van der Waals surface area (Å²) < 4.78 is 2.52. The molecule has 0 radical (unpaired) electrons. The van der Waals surface area contributed by atoms with E-state index in [0.29, 0.717) is 11.9 Å². The highest BCUT2D eigenvalue weighted by molar-refractivity contribution is 7.99. The van der Waals surface area contributed by atoms with Crippen molar-refractivity contribution in [1.82, 2.24) is 9.55 Å². The van der Waals surface area contributed by atoms with Gasteiger partial charge in [0.1, 0.15) is 5.82 Å². The van der Waals surface area contributed by atoms with Gasteiger partial charge in [0.2, 0.25) is 0 Å². The number of fused-ring (bicyclic) bond motifs is 1. The van der Waals surface area contributed by atoms with Gasteiger partial charge in [-0.1, -0.05) is 25.5 Å². The molecule has 2 nitrogen and oxygen atoms in total. The first-order chi connectivity index (χ1) is 10.3. The van der Waals surface area contributed by atoms with E-state index < -0.39 is 0 Å². The first-order valence-corrected chi connectivity index (χ1v) is 9.48. The van der Waals surface area contributed by atoms with Crippen LogP contribution in [-0.4, -0.2) is 26.4 Å². The van der Waals surface area contributed by atoms with E-state index in [4.69, 9.17) is 16.6 Å². The zero-order valence-electron chi connectivity index (χ0n) is 12.8. The summed E-state index contributed by atoms with van der Waals surface area (Å²) in [5.41, 5.74) is 3.78. The van der Waals surface area contributed by atoms with Crippen molar-refractivity contribution in [2.75, 3.05) is 11.6 Å². The monoisotopic (exact) mass is 322 g/mol. The van der Waals surface area contributed by atoms with Gasteiger partial charge in [0.05, 0.1) is 11.0 Å². The van der Waals surface area contributed by atoms with E-state index in [9.17, 15) is 0 Å². The van der Waals surface area contributed by atoms with Crippen molar-refractivity contribution in [3.8, 4) is 0 Å². The minimum atomic E-state index is 0.583. The molecule has 1 heterocycles. The van der Waals surface area contributed by atoms with Crippen molar-refractivity contribution in [2.24, 2.45) is 0 Å². The van der Waals surface area contributed by atoms with Crippen molar-refractivity contribution in [2.45, 2.75) is 50.8 Å². The first-order valence-electron chi connectivity index (χ1n) is 7.90. The molecule has 2 atom stereocenters. The molecule has 114 valence electrons. The number of hydrogen-bond acceptors (Lipinski definition) is 2. The Bertz CT molecular complexity index is 623. The number of rotatable bonds is 5. The lowest BCUT2D eigenvalue weighted by molar-refractivity contribution is 0.521. The van der Waals surface area contributed by atoms with E-state index in [2.05, 4.69) is 48.4 Å². The Morgan fingerprint density at radius 1 is 1.38 bits per heavy atom. The van der Waals surface area contributed by atoms with Crippen LogP contribution in [-0.2, 0) is 6.42 Å². The molecule has 1 saturated carbocycles. The molecule has 0 spiro atoms. The fourth-order valence-electron chi connectivity index (χ4n) is 3.60. The standard InChI is InChI=1S/C17H23ClN2S/c1-3-21-15-9-5-8-14(15)20-16(10-11-18)19-13-7-4-6-12(2)17(13)20/h4,6-7,14-15H,3,5,8-11H2,1-2H3. The quantitative estimate of drug-likeness (QED) is 0.723. The Morgan fingerprint density at radius 3 is 3.00 bits per heavy atom. The van der Waals surface area contributed by atoms with Crippen molar-refractivity contribution in [3.63, 3.8) is 0 Å². The summed E-state index contributed by atoms with van der Waals surface area (Å²) in [5.74, 6) is 3.00. The molecule has 21 heavy (non-hydrogen) atoms. The minimum Gasteiger partial charge on any atom is -0.323 e.